The summed E-state index contributed by atoms with van der Waals surface area (Å²) in [5, 5.41) is 0. The molecule has 4 fully saturated rings. The Bertz CT molecular complexity index is 291. The van der Waals surface area contributed by atoms with Gasteiger partial charge in [-0.25, -0.2) is 0 Å². The van der Waals surface area contributed by atoms with Gasteiger partial charge in [-0.15, -0.1) is 0 Å². The van der Waals surface area contributed by atoms with Gasteiger partial charge in [0.25, 0.3) is 0 Å². The molecule has 0 saturated heterocycles. The molecule has 0 heterocycles. The van der Waals surface area contributed by atoms with E-state index in [4.69, 9.17) is 0 Å². The summed E-state index contributed by atoms with van der Waals surface area (Å²) in [6.07, 6.45) is 9.25. The molecular formula is C16H28O. The Labute approximate surface area is 106 Å². The predicted molar refractivity (Wildman–Crippen MR) is 71.9 cm³/mol. The largest absolute Gasteiger partial charge is 0.299 e. The van der Waals surface area contributed by atoms with E-state index in [9.17, 15) is 4.79 Å². The lowest BCUT2D eigenvalue weighted by molar-refractivity contribution is -0.153. The molecule has 4 rings (SSSR count). The van der Waals surface area contributed by atoms with E-state index in [2.05, 4.69) is 6.92 Å². The normalized spacial score (nSPS) is 46.4. The Hall–Kier alpha value is -0.330. The third-order valence-corrected chi connectivity index (χ3v) is 5.68. The number of rotatable bonds is 2. The molecule has 0 N–H and O–H groups in total. The highest BCUT2D eigenvalue weighted by atomic mass is 16.1. The summed E-state index contributed by atoms with van der Waals surface area (Å²) >= 11 is 0. The molecule has 2 atom stereocenters. The maximum atomic E-state index is 12.0. The van der Waals surface area contributed by atoms with E-state index in [1.54, 1.807) is 0 Å². The number of hydrogen-bond donors (Lipinski definition) is 0. The van der Waals surface area contributed by atoms with Crippen LogP contribution in [0.4, 0.5) is 0 Å². The van der Waals surface area contributed by atoms with Crippen LogP contribution < -0.4 is 0 Å². The summed E-state index contributed by atoms with van der Waals surface area (Å²) in [4.78, 5) is 12.0. The average Bonchev–Trinajstić information content (AvgIpc) is 2.30. The molecule has 98 valence electrons. The number of hydrogen-bond acceptors (Lipinski definition) is 1. The molecule has 0 aromatic heterocycles. The van der Waals surface area contributed by atoms with Gasteiger partial charge in [-0.1, -0.05) is 27.2 Å². The smallest absolute Gasteiger partial charge is 0.136 e. The van der Waals surface area contributed by atoms with E-state index in [1.165, 1.54) is 44.9 Å². The Morgan fingerprint density at radius 1 is 1.12 bits per heavy atom. The standard InChI is InChI=1S/C14H22O.C2H6/c1-3-13-5-11-4-12(6-13)8-14(7-11,9-13)10(2)15;1-2/h11-12H,3-9H2,1-2H3;1-2H3. The summed E-state index contributed by atoms with van der Waals surface area (Å²) in [7, 11) is 0. The van der Waals surface area contributed by atoms with Crippen molar-refractivity contribution in [3.8, 4) is 0 Å². The molecule has 0 aliphatic heterocycles. The molecule has 4 bridgehead atoms. The summed E-state index contributed by atoms with van der Waals surface area (Å²) in [6, 6.07) is 0. The van der Waals surface area contributed by atoms with Crippen LogP contribution in [0, 0.1) is 22.7 Å². The van der Waals surface area contributed by atoms with Gasteiger partial charge < -0.3 is 0 Å². The maximum Gasteiger partial charge on any atom is 0.136 e. The molecule has 0 aromatic carbocycles. The minimum atomic E-state index is 0.125. The van der Waals surface area contributed by atoms with E-state index in [1.807, 2.05) is 20.8 Å². The van der Waals surface area contributed by atoms with Crippen LogP contribution in [0.2, 0.25) is 0 Å². The van der Waals surface area contributed by atoms with Crippen molar-refractivity contribution in [1.82, 2.24) is 0 Å². The van der Waals surface area contributed by atoms with Crippen LogP contribution in [0.25, 0.3) is 0 Å². The van der Waals surface area contributed by atoms with Crippen LogP contribution in [0.15, 0.2) is 0 Å². The van der Waals surface area contributed by atoms with Crippen molar-refractivity contribution in [2.24, 2.45) is 22.7 Å². The van der Waals surface area contributed by atoms with Crippen molar-refractivity contribution in [2.75, 3.05) is 0 Å². The zero-order valence-electron chi connectivity index (χ0n) is 12.0. The summed E-state index contributed by atoms with van der Waals surface area (Å²) in [5.41, 5.74) is 0.690. The van der Waals surface area contributed by atoms with Crippen LogP contribution in [0.1, 0.15) is 72.6 Å². The van der Waals surface area contributed by atoms with Gasteiger partial charge in [0, 0.05) is 5.41 Å². The highest BCUT2D eigenvalue weighted by Crippen LogP contribution is 2.66. The first-order valence-electron chi connectivity index (χ1n) is 7.59. The van der Waals surface area contributed by atoms with Gasteiger partial charge in [0.2, 0.25) is 0 Å². The monoisotopic (exact) mass is 236 g/mol. The van der Waals surface area contributed by atoms with Gasteiger partial charge in [0.1, 0.15) is 5.78 Å². The third-order valence-electron chi connectivity index (χ3n) is 5.68. The first kappa shape index (κ1) is 13.1. The van der Waals surface area contributed by atoms with E-state index in [-0.39, 0.29) is 5.41 Å². The molecule has 1 nitrogen and oxygen atoms in total. The van der Waals surface area contributed by atoms with Gasteiger partial charge in [0.15, 0.2) is 0 Å². The molecule has 2 unspecified atom stereocenters. The third kappa shape index (κ3) is 1.96. The topological polar surface area (TPSA) is 17.1 Å². The number of Topliss-reactive ketones (excluding diaryl/α,β-unsaturated/α-hetero) is 1. The fourth-order valence-corrected chi connectivity index (χ4v) is 5.28. The van der Waals surface area contributed by atoms with Crippen LogP contribution in [-0.4, -0.2) is 5.78 Å². The van der Waals surface area contributed by atoms with Crippen LogP contribution in [-0.2, 0) is 4.79 Å². The maximum absolute atomic E-state index is 12.0. The first-order valence-corrected chi connectivity index (χ1v) is 7.59. The molecule has 4 saturated carbocycles. The number of ketones is 1. The quantitative estimate of drug-likeness (QED) is 0.685. The van der Waals surface area contributed by atoms with Crippen LogP contribution in [0.3, 0.4) is 0 Å². The van der Waals surface area contributed by atoms with Crippen molar-refractivity contribution in [3.63, 3.8) is 0 Å². The first-order chi connectivity index (χ1) is 8.07. The van der Waals surface area contributed by atoms with Crippen LogP contribution >= 0.6 is 0 Å². The van der Waals surface area contributed by atoms with E-state index in [0.717, 1.165) is 11.8 Å². The summed E-state index contributed by atoms with van der Waals surface area (Å²) < 4.78 is 0. The highest BCUT2D eigenvalue weighted by molar-refractivity contribution is 5.83. The minimum absolute atomic E-state index is 0.125. The van der Waals surface area contributed by atoms with Gasteiger partial charge >= 0.3 is 0 Å². The molecule has 4 aliphatic carbocycles. The fourth-order valence-electron chi connectivity index (χ4n) is 5.28. The molecule has 0 amide bonds. The van der Waals surface area contributed by atoms with Crippen molar-refractivity contribution in [1.29, 1.82) is 0 Å². The van der Waals surface area contributed by atoms with Gasteiger partial charge in [-0.2, -0.15) is 0 Å². The van der Waals surface area contributed by atoms with E-state index >= 15 is 0 Å². The Kier molecular flexibility index (Phi) is 3.40. The Balaban J connectivity index is 0.000000514. The Morgan fingerprint density at radius 3 is 2.06 bits per heavy atom. The van der Waals surface area contributed by atoms with Gasteiger partial charge in [0.05, 0.1) is 0 Å². The zero-order valence-corrected chi connectivity index (χ0v) is 12.0. The average molecular weight is 236 g/mol. The second-order valence-electron chi connectivity index (χ2n) is 6.65. The van der Waals surface area contributed by atoms with Crippen molar-refractivity contribution in [2.45, 2.75) is 72.6 Å². The second-order valence-corrected chi connectivity index (χ2v) is 6.65. The van der Waals surface area contributed by atoms with E-state index < -0.39 is 0 Å². The summed E-state index contributed by atoms with van der Waals surface area (Å²) in [6.45, 7) is 8.18. The SMILES string of the molecule is CC.CCC12CC3CC(C1)CC(C(C)=O)(C3)C2. The lowest BCUT2D eigenvalue weighted by atomic mass is 9.43. The van der Waals surface area contributed by atoms with Gasteiger partial charge in [-0.3, -0.25) is 4.79 Å². The Morgan fingerprint density at radius 2 is 1.65 bits per heavy atom. The molecular weight excluding hydrogens is 208 g/mol. The lowest BCUT2D eigenvalue weighted by Gasteiger charge is -2.61. The van der Waals surface area contributed by atoms with E-state index in [0.29, 0.717) is 11.2 Å². The molecule has 1 heteroatoms. The van der Waals surface area contributed by atoms with Gasteiger partial charge in [-0.05, 0) is 62.7 Å². The second kappa shape index (κ2) is 4.40. The van der Waals surface area contributed by atoms with Crippen molar-refractivity contribution in [3.05, 3.63) is 0 Å². The van der Waals surface area contributed by atoms with Crippen molar-refractivity contribution >= 4 is 5.78 Å². The lowest BCUT2D eigenvalue weighted by Crippen LogP contribution is -2.54. The zero-order chi connectivity index (χ0) is 12.7. The summed E-state index contributed by atoms with van der Waals surface area (Å²) in [5.74, 6) is 2.26. The van der Waals surface area contributed by atoms with Crippen molar-refractivity contribution < 1.29 is 4.79 Å². The molecule has 17 heavy (non-hydrogen) atoms. The molecule has 4 aliphatic rings. The molecule has 0 spiro atoms. The van der Waals surface area contributed by atoms with Crippen LogP contribution in [0.5, 0.6) is 0 Å². The number of carbonyl (C=O) groups excluding carboxylic acids is 1. The highest BCUT2D eigenvalue weighted by Gasteiger charge is 2.58. The number of carbonyl (C=O) groups is 1. The molecule has 0 radical (unpaired) electrons. The fraction of sp³-hybridized carbons (Fsp3) is 0.938. The predicted octanol–water partition coefficient (Wildman–Crippen LogP) is 4.60. The molecule has 0 aromatic rings. The minimum Gasteiger partial charge on any atom is -0.299 e.